The van der Waals surface area contributed by atoms with E-state index < -0.39 is 0 Å². The van der Waals surface area contributed by atoms with Gasteiger partial charge in [-0.05, 0) is 114 Å². The molecule has 0 saturated heterocycles. The number of hydrogen-bond acceptors (Lipinski definition) is 1. The van der Waals surface area contributed by atoms with Crippen LogP contribution in [0.5, 0.6) is 0 Å². The third-order valence-corrected chi connectivity index (χ3v) is 13.8. The molecular formula is C66H44N2. The van der Waals surface area contributed by atoms with E-state index in [0.29, 0.717) is 0 Å². The molecule has 0 aliphatic rings. The molecule has 2 heteroatoms. The minimum absolute atomic E-state index is 1.07. The second-order valence-corrected chi connectivity index (χ2v) is 17.7. The first-order chi connectivity index (χ1) is 33.7. The van der Waals surface area contributed by atoms with Gasteiger partial charge in [0.15, 0.2) is 0 Å². The zero-order valence-electron chi connectivity index (χ0n) is 37.3. The van der Waals surface area contributed by atoms with Crippen molar-refractivity contribution in [2.24, 2.45) is 0 Å². The highest BCUT2D eigenvalue weighted by Crippen LogP contribution is 2.47. The van der Waals surface area contributed by atoms with Gasteiger partial charge >= 0.3 is 0 Å². The molecule has 0 atom stereocenters. The summed E-state index contributed by atoms with van der Waals surface area (Å²) >= 11 is 0. The van der Waals surface area contributed by atoms with E-state index in [-0.39, 0.29) is 0 Å². The SMILES string of the molecule is c1ccc(-c2ccc(-c3ccccc3)c(N(c3ccc(-c4ccc(-n5c6ccccc6c6ccc7ccccc7c65)cc4)c(-c4ccccc4)c3)c3ccc4ccc5ccccc5c4c3)c2)cc1. The van der Waals surface area contributed by atoms with Gasteiger partial charge in [0.05, 0.1) is 16.7 Å². The van der Waals surface area contributed by atoms with Crippen molar-refractivity contribution in [3.63, 3.8) is 0 Å². The van der Waals surface area contributed by atoms with Crippen molar-refractivity contribution >= 4 is 71.2 Å². The summed E-state index contributed by atoms with van der Waals surface area (Å²) in [6, 6.07) is 97.7. The fraction of sp³-hybridized carbons (Fsp3) is 0. The van der Waals surface area contributed by atoms with Gasteiger partial charge in [0.25, 0.3) is 0 Å². The first-order valence-electron chi connectivity index (χ1n) is 23.4. The van der Waals surface area contributed by atoms with Crippen LogP contribution in [0.25, 0.3) is 104 Å². The third-order valence-electron chi connectivity index (χ3n) is 13.8. The number of para-hydroxylation sites is 1. The van der Waals surface area contributed by atoms with Gasteiger partial charge in [0, 0.05) is 38.8 Å². The molecule has 1 aromatic heterocycles. The molecule has 0 saturated carbocycles. The monoisotopic (exact) mass is 864 g/mol. The first kappa shape index (κ1) is 39.4. The van der Waals surface area contributed by atoms with E-state index >= 15 is 0 Å². The molecule has 1 heterocycles. The smallest absolute Gasteiger partial charge is 0.0619 e. The van der Waals surface area contributed by atoms with Crippen LogP contribution in [0.15, 0.2) is 267 Å². The minimum Gasteiger partial charge on any atom is -0.310 e. The van der Waals surface area contributed by atoms with E-state index in [9.17, 15) is 0 Å². The highest BCUT2D eigenvalue weighted by molar-refractivity contribution is 6.18. The Hall–Kier alpha value is -8.98. The van der Waals surface area contributed by atoms with Crippen molar-refractivity contribution in [1.82, 2.24) is 4.57 Å². The molecule has 0 bridgehead atoms. The van der Waals surface area contributed by atoms with E-state index in [0.717, 1.165) is 56.1 Å². The van der Waals surface area contributed by atoms with Gasteiger partial charge in [-0.1, -0.05) is 218 Å². The molecule has 0 N–H and O–H groups in total. The summed E-state index contributed by atoms with van der Waals surface area (Å²) in [5.74, 6) is 0. The Labute approximate surface area is 395 Å². The van der Waals surface area contributed by atoms with Crippen LogP contribution in [-0.4, -0.2) is 4.57 Å². The lowest BCUT2D eigenvalue weighted by molar-refractivity contribution is 1.19. The molecule has 0 amide bonds. The predicted molar refractivity (Wildman–Crippen MR) is 290 cm³/mol. The summed E-state index contributed by atoms with van der Waals surface area (Å²) in [7, 11) is 0. The molecule has 0 unspecified atom stereocenters. The molecular weight excluding hydrogens is 821 g/mol. The largest absolute Gasteiger partial charge is 0.310 e. The second kappa shape index (κ2) is 16.5. The molecule has 68 heavy (non-hydrogen) atoms. The average molecular weight is 865 g/mol. The van der Waals surface area contributed by atoms with Gasteiger partial charge in [-0.3, -0.25) is 0 Å². The van der Waals surface area contributed by atoms with Crippen LogP contribution in [0.3, 0.4) is 0 Å². The van der Waals surface area contributed by atoms with Gasteiger partial charge in [-0.25, -0.2) is 0 Å². The lowest BCUT2D eigenvalue weighted by Gasteiger charge is -2.30. The zero-order valence-corrected chi connectivity index (χ0v) is 37.3. The Kier molecular flexibility index (Phi) is 9.54. The topological polar surface area (TPSA) is 8.17 Å². The molecule has 13 rings (SSSR count). The third kappa shape index (κ3) is 6.73. The molecule has 0 radical (unpaired) electrons. The predicted octanol–water partition coefficient (Wildman–Crippen LogP) is 18.4. The molecule has 318 valence electrons. The fourth-order valence-electron chi connectivity index (χ4n) is 10.5. The Balaban J connectivity index is 1.02. The maximum atomic E-state index is 2.47. The Bertz CT molecular complexity index is 4000. The number of fused-ring (bicyclic) bond motifs is 8. The molecule has 0 fully saturated rings. The number of nitrogens with zero attached hydrogens (tertiary/aromatic N) is 2. The molecule has 0 aliphatic carbocycles. The van der Waals surface area contributed by atoms with Crippen LogP contribution in [-0.2, 0) is 0 Å². The van der Waals surface area contributed by atoms with Crippen LogP contribution in [0.2, 0.25) is 0 Å². The highest BCUT2D eigenvalue weighted by Gasteiger charge is 2.22. The van der Waals surface area contributed by atoms with Crippen molar-refractivity contribution in [1.29, 1.82) is 0 Å². The first-order valence-corrected chi connectivity index (χ1v) is 23.4. The molecule has 0 spiro atoms. The van der Waals surface area contributed by atoms with Crippen LogP contribution in [0, 0.1) is 0 Å². The van der Waals surface area contributed by atoms with Crippen molar-refractivity contribution in [3.05, 3.63) is 267 Å². The number of hydrogen-bond donors (Lipinski definition) is 0. The molecule has 13 aromatic rings. The van der Waals surface area contributed by atoms with E-state index in [1.165, 1.54) is 65.3 Å². The van der Waals surface area contributed by atoms with E-state index in [1.807, 2.05) is 0 Å². The number of aromatic nitrogens is 1. The molecule has 2 nitrogen and oxygen atoms in total. The quantitative estimate of drug-likeness (QED) is 0.138. The second-order valence-electron chi connectivity index (χ2n) is 17.7. The Morgan fingerprint density at radius 2 is 0.765 bits per heavy atom. The summed E-state index contributed by atoms with van der Waals surface area (Å²) in [6.07, 6.45) is 0. The van der Waals surface area contributed by atoms with E-state index in [2.05, 4.69) is 276 Å². The van der Waals surface area contributed by atoms with Crippen LogP contribution < -0.4 is 4.90 Å². The minimum atomic E-state index is 1.07. The van der Waals surface area contributed by atoms with Gasteiger partial charge in [0.2, 0.25) is 0 Å². The summed E-state index contributed by atoms with van der Waals surface area (Å²) in [4.78, 5) is 2.47. The number of anilines is 3. The Morgan fingerprint density at radius 3 is 1.50 bits per heavy atom. The summed E-state index contributed by atoms with van der Waals surface area (Å²) in [5.41, 5.74) is 16.1. The molecule has 0 aliphatic heterocycles. The van der Waals surface area contributed by atoms with E-state index in [4.69, 9.17) is 0 Å². The van der Waals surface area contributed by atoms with E-state index in [1.54, 1.807) is 0 Å². The summed E-state index contributed by atoms with van der Waals surface area (Å²) in [6.45, 7) is 0. The van der Waals surface area contributed by atoms with Crippen LogP contribution in [0.4, 0.5) is 17.1 Å². The van der Waals surface area contributed by atoms with Crippen molar-refractivity contribution in [2.75, 3.05) is 4.90 Å². The van der Waals surface area contributed by atoms with Gasteiger partial charge < -0.3 is 9.47 Å². The van der Waals surface area contributed by atoms with Crippen LogP contribution >= 0.6 is 0 Å². The number of rotatable bonds is 8. The number of benzene rings is 12. The summed E-state index contributed by atoms with van der Waals surface area (Å²) in [5, 5.41) is 9.92. The lowest BCUT2D eigenvalue weighted by atomic mass is 9.92. The normalized spacial score (nSPS) is 11.5. The average Bonchev–Trinajstić information content (AvgIpc) is 3.76. The maximum Gasteiger partial charge on any atom is 0.0619 e. The van der Waals surface area contributed by atoms with Gasteiger partial charge in [0.1, 0.15) is 0 Å². The van der Waals surface area contributed by atoms with Crippen molar-refractivity contribution in [2.45, 2.75) is 0 Å². The highest BCUT2D eigenvalue weighted by atomic mass is 15.1. The summed E-state index contributed by atoms with van der Waals surface area (Å²) < 4.78 is 2.44. The van der Waals surface area contributed by atoms with Crippen LogP contribution in [0.1, 0.15) is 0 Å². The van der Waals surface area contributed by atoms with Gasteiger partial charge in [-0.2, -0.15) is 0 Å². The standard InChI is InChI=1S/C66H44N2/c1-4-16-45(17-5-1)52-34-39-58(46-18-6-2-7-19-46)65(42-52)67(54-37-32-51-29-28-48-22-10-12-24-56(48)63(51)43-54)55-38-41-57(62(44-55)47-20-8-3-9-21-47)50-30-35-53(36-31-50)68-64-27-15-14-26-60(64)61-40-33-49-23-11-13-25-59(49)66(61)68/h1-44H. The maximum absolute atomic E-state index is 2.47. The zero-order chi connectivity index (χ0) is 45.0. The van der Waals surface area contributed by atoms with Gasteiger partial charge in [-0.15, -0.1) is 0 Å². The Morgan fingerprint density at radius 1 is 0.265 bits per heavy atom. The fourth-order valence-corrected chi connectivity index (χ4v) is 10.5. The lowest BCUT2D eigenvalue weighted by Crippen LogP contribution is -2.12. The molecule has 12 aromatic carbocycles. The van der Waals surface area contributed by atoms with Crippen molar-refractivity contribution < 1.29 is 0 Å². The van der Waals surface area contributed by atoms with Crippen molar-refractivity contribution in [3.8, 4) is 50.2 Å².